The number of amides is 2. The predicted molar refractivity (Wildman–Crippen MR) is 243 cm³/mol. The molecule has 6 rings (SSSR count). The van der Waals surface area contributed by atoms with Gasteiger partial charge in [0.05, 0.1) is 63.7 Å². The van der Waals surface area contributed by atoms with Crippen LogP contribution in [0.1, 0.15) is 43.5 Å². The van der Waals surface area contributed by atoms with Crippen molar-refractivity contribution in [1.29, 1.82) is 0 Å². The minimum atomic E-state index is -4.29. The number of hydrogen-bond acceptors (Lipinski definition) is 12. The molecule has 0 saturated heterocycles. The first-order valence-electron chi connectivity index (χ1n) is 20.2. The Bertz CT molecular complexity index is 2650. The summed E-state index contributed by atoms with van der Waals surface area (Å²) in [7, 11) is -1.10. The molecule has 336 valence electrons. The molecule has 17 nitrogen and oxygen atoms in total. The highest BCUT2D eigenvalue weighted by Gasteiger charge is 2.26. The Morgan fingerprint density at radius 2 is 1.68 bits per heavy atom. The zero-order chi connectivity index (χ0) is 45.3. The largest absolute Gasteiger partial charge is 0.493 e. The smallest absolute Gasteiger partial charge is 0.328 e. The van der Waals surface area contributed by atoms with Crippen molar-refractivity contribution in [2.75, 3.05) is 49.2 Å². The van der Waals surface area contributed by atoms with Gasteiger partial charge < -0.3 is 30.0 Å². The maximum Gasteiger partial charge on any atom is 0.328 e. The van der Waals surface area contributed by atoms with E-state index in [9.17, 15) is 27.9 Å². The van der Waals surface area contributed by atoms with Crippen molar-refractivity contribution in [3.8, 4) is 17.2 Å². The van der Waals surface area contributed by atoms with Crippen LogP contribution < -0.4 is 40.8 Å². The van der Waals surface area contributed by atoms with Gasteiger partial charge in [0, 0.05) is 50.7 Å². The fraction of sp³-hybridized carbons (Fsp3) is 0.349. The molecule has 0 fully saturated rings. The number of benzene rings is 4. The number of amidine groups is 1. The van der Waals surface area contributed by atoms with Crippen molar-refractivity contribution < 1.29 is 37.3 Å². The molecule has 2 atom stereocenters. The SMILES string of the molecule is CCCOc1cccc(Oc2cc3c(cc2NS(=O)(=O)c2cccc(C(=O)NCCOCC(O)NCCCC(=O)NC4=NN(c5ccc(Cl)c(Cl)c5)CC4C)c2)n(C)c(=O)n3C)c1. The van der Waals surface area contributed by atoms with Crippen LogP contribution in [0.4, 0.5) is 11.4 Å². The number of nitrogens with one attached hydrogen (secondary N) is 4. The van der Waals surface area contributed by atoms with Gasteiger partial charge in [-0.1, -0.05) is 49.2 Å². The molecule has 0 saturated carbocycles. The van der Waals surface area contributed by atoms with Gasteiger partial charge in [-0.3, -0.25) is 33.8 Å². The number of ether oxygens (including phenoxy) is 3. The molecule has 5 aromatic rings. The Hall–Kier alpha value is -5.63. The van der Waals surface area contributed by atoms with Gasteiger partial charge >= 0.3 is 5.69 Å². The zero-order valence-corrected chi connectivity index (χ0v) is 37.5. The van der Waals surface area contributed by atoms with Crippen LogP contribution in [0.3, 0.4) is 0 Å². The van der Waals surface area contributed by atoms with Crippen LogP contribution in [0.15, 0.2) is 93.7 Å². The number of nitrogens with zero attached hydrogens (tertiary/aromatic N) is 4. The molecule has 0 radical (unpaired) electrons. The molecule has 0 spiro atoms. The first-order chi connectivity index (χ1) is 30.1. The summed E-state index contributed by atoms with van der Waals surface area (Å²) in [6.45, 7) is 5.44. The standard InChI is InChI=1S/C43H50Cl2N8O9S/c1-5-18-61-30-10-7-11-31(22-30)62-38-24-37-36(51(3)43(57)52(37)4)23-35(38)50-63(58,59)32-12-6-9-28(20-32)42(56)47-17-19-60-26-40(55)46-16-8-13-39(54)48-41-27(2)25-53(49-41)29-14-15-33(44)34(45)21-29/h6-7,9-12,14-15,20-24,27,40,46,50,55H,5,8,13,16-19,25-26H2,1-4H3,(H,47,56)(H,48,49,54). The van der Waals surface area contributed by atoms with Gasteiger partial charge in [0.2, 0.25) is 5.91 Å². The topological polar surface area (TPSA) is 207 Å². The van der Waals surface area contributed by atoms with E-state index in [4.69, 9.17) is 37.4 Å². The third-order valence-corrected chi connectivity index (χ3v) is 12.0. The van der Waals surface area contributed by atoms with Gasteiger partial charge in [0.25, 0.3) is 15.9 Å². The number of aliphatic hydroxyl groups excluding tert-OH is 1. The van der Waals surface area contributed by atoms with E-state index in [1.54, 1.807) is 61.6 Å². The number of aromatic nitrogens is 2. The third kappa shape index (κ3) is 12.1. The molecule has 0 bridgehead atoms. The Labute approximate surface area is 375 Å². The molecule has 2 amide bonds. The maximum absolute atomic E-state index is 13.8. The van der Waals surface area contributed by atoms with Crippen molar-refractivity contribution >= 4 is 73.3 Å². The van der Waals surface area contributed by atoms with Gasteiger partial charge in [-0.2, -0.15) is 5.10 Å². The van der Waals surface area contributed by atoms with E-state index in [-0.39, 0.29) is 65.6 Å². The predicted octanol–water partition coefficient (Wildman–Crippen LogP) is 5.59. The normalized spacial score (nSPS) is 14.4. The number of sulfonamides is 1. The Morgan fingerprint density at radius 3 is 2.44 bits per heavy atom. The summed E-state index contributed by atoms with van der Waals surface area (Å²) in [5.74, 6) is 0.906. The fourth-order valence-corrected chi connectivity index (χ4v) is 7.96. The van der Waals surface area contributed by atoms with Crippen molar-refractivity contribution in [2.24, 2.45) is 25.1 Å². The van der Waals surface area contributed by atoms with Gasteiger partial charge in [0.1, 0.15) is 23.6 Å². The van der Waals surface area contributed by atoms with Gasteiger partial charge in [-0.25, -0.2) is 13.2 Å². The number of hydrogen-bond donors (Lipinski definition) is 5. The highest BCUT2D eigenvalue weighted by Crippen LogP contribution is 2.36. The van der Waals surface area contributed by atoms with E-state index in [1.165, 1.54) is 39.5 Å². The van der Waals surface area contributed by atoms with Crippen molar-refractivity contribution in [2.45, 2.75) is 44.2 Å². The highest BCUT2D eigenvalue weighted by molar-refractivity contribution is 7.92. The minimum Gasteiger partial charge on any atom is -0.493 e. The van der Waals surface area contributed by atoms with E-state index in [0.717, 1.165) is 12.1 Å². The van der Waals surface area contributed by atoms with Crippen LogP contribution in [-0.2, 0) is 33.7 Å². The molecule has 20 heteroatoms. The molecule has 63 heavy (non-hydrogen) atoms. The molecule has 1 aromatic heterocycles. The number of hydrazone groups is 1. The fourth-order valence-electron chi connectivity index (χ4n) is 6.56. The number of halogens is 2. The monoisotopic (exact) mass is 924 g/mol. The summed E-state index contributed by atoms with van der Waals surface area (Å²) in [5, 5.41) is 25.9. The molecule has 5 N–H and O–H groups in total. The molecule has 2 unspecified atom stereocenters. The van der Waals surface area contributed by atoms with Crippen LogP contribution in [0.2, 0.25) is 10.0 Å². The molecular weight excluding hydrogens is 875 g/mol. The second-order valence-corrected chi connectivity index (χ2v) is 17.3. The number of carbonyl (C=O) groups excluding carboxylic acids is 2. The van der Waals surface area contributed by atoms with Crippen LogP contribution in [0.25, 0.3) is 11.0 Å². The van der Waals surface area contributed by atoms with Gasteiger partial charge in [-0.15, -0.1) is 0 Å². The number of anilines is 2. The summed E-state index contributed by atoms with van der Waals surface area (Å²) in [6.07, 6.45) is 0.449. The van der Waals surface area contributed by atoms with Crippen molar-refractivity contribution in [3.05, 3.63) is 105 Å². The molecule has 1 aliphatic heterocycles. The average molecular weight is 926 g/mol. The number of rotatable bonds is 20. The molecule has 2 heterocycles. The maximum atomic E-state index is 13.8. The molecule has 0 aliphatic carbocycles. The lowest BCUT2D eigenvalue weighted by molar-refractivity contribution is -0.119. The lowest BCUT2D eigenvalue weighted by Crippen LogP contribution is -2.36. The summed E-state index contributed by atoms with van der Waals surface area (Å²) in [4.78, 5) is 38.2. The Balaban J connectivity index is 0.959. The van der Waals surface area contributed by atoms with E-state index in [1.807, 2.05) is 19.9 Å². The quantitative estimate of drug-likeness (QED) is 0.0481. The Morgan fingerprint density at radius 1 is 0.937 bits per heavy atom. The summed E-state index contributed by atoms with van der Waals surface area (Å²) < 4.78 is 50.5. The summed E-state index contributed by atoms with van der Waals surface area (Å²) >= 11 is 12.2. The Kier molecular flexibility index (Phi) is 15.7. The van der Waals surface area contributed by atoms with E-state index in [0.29, 0.717) is 64.5 Å². The second-order valence-electron chi connectivity index (χ2n) is 14.8. The lowest BCUT2D eigenvalue weighted by atomic mass is 10.1. The second kappa shape index (κ2) is 21.2. The third-order valence-electron chi connectivity index (χ3n) is 9.91. The number of fused-ring (bicyclic) bond motifs is 1. The summed E-state index contributed by atoms with van der Waals surface area (Å²) in [6, 6.07) is 20.8. The number of imidazole rings is 1. The van der Waals surface area contributed by atoms with Crippen molar-refractivity contribution in [3.63, 3.8) is 0 Å². The van der Waals surface area contributed by atoms with Crippen molar-refractivity contribution in [1.82, 2.24) is 25.1 Å². The van der Waals surface area contributed by atoms with Gasteiger partial charge in [-0.05, 0) is 74.0 Å². The lowest BCUT2D eigenvalue weighted by Gasteiger charge is -2.16. The number of aryl methyl sites for hydroxylation is 2. The van der Waals surface area contributed by atoms with E-state index < -0.39 is 22.2 Å². The highest BCUT2D eigenvalue weighted by atomic mass is 35.5. The molecule has 4 aromatic carbocycles. The first kappa shape index (κ1) is 46.9. The van der Waals surface area contributed by atoms with Crippen LogP contribution in [0, 0.1) is 5.92 Å². The number of aliphatic hydroxyl groups is 1. The molecular formula is C43H50Cl2N8O9S. The first-order valence-corrected chi connectivity index (χ1v) is 22.5. The molecule has 1 aliphatic rings. The van der Waals surface area contributed by atoms with E-state index >= 15 is 0 Å². The summed E-state index contributed by atoms with van der Waals surface area (Å²) in [5.41, 5.74) is 1.60. The van der Waals surface area contributed by atoms with E-state index in [2.05, 4.69) is 25.8 Å². The zero-order valence-electron chi connectivity index (χ0n) is 35.2. The average Bonchev–Trinajstić information content (AvgIpc) is 3.72. The van der Waals surface area contributed by atoms with Crippen LogP contribution in [-0.4, -0.2) is 86.0 Å². The van der Waals surface area contributed by atoms with Crippen LogP contribution in [0.5, 0.6) is 17.2 Å². The minimum absolute atomic E-state index is 0.00719. The van der Waals surface area contributed by atoms with Gasteiger partial charge in [0.15, 0.2) is 5.75 Å². The van der Waals surface area contributed by atoms with Crippen LogP contribution >= 0.6 is 23.2 Å². The number of carbonyl (C=O) groups is 2.